The second kappa shape index (κ2) is 8.90. The highest BCUT2D eigenvalue weighted by Gasteiger charge is 2.38. The van der Waals surface area contributed by atoms with Crippen LogP contribution in [0, 0.1) is 5.92 Å². The summed E-state index contributed by atoms with van der Waals surface area (Å²) in [5, 5.41) is 10.3. The summed E-state index contributed by atoms with van der Waals surface area (Å²) in [5.41, 5.74) is 0. The zero-order valence-corrected chi connectivity index (χ0v) is 18.5. The lowest BCUT2D eigenvalue weighted by Gasteiger charge is -2.38. The number of hydrogen-bond acceptors (Lipinski definition) is 3. The highest BCUT2D eigenvalue weighted by molar-refractivity contribution is 6.74. The van der Waals surface area contributed by atoms with Crippen LogP contribution in [0.25, 0.3) is 0 Å². The minimum Gasteiger partial charge on any atom is -0.469 e. The van der Waals surface area contributed by atoms with Gasteiger partial charge in [-0.2, -0.15) is 0 Å². The van der Waals surface area contributed by atoms with Crippen LogP contribution in [0.15, 0.2) is 35.0 Å². The molecule has 0 unspecified atom stereocenters. The third-order valence-electron chi connectivity index (χ3n) is 6.16. The molecule has 4 atom stereocenters. The van der Waals surface area contributed by atoms with Crippen LogP contribution in [-0.2, 0) is 4.43 Å². The van der Waals surface area contributed by atoms with E-state index in [4.69, 9.17) is 8.84 Å². The molecular weight excluding hydrogens is 340 g/mol. The first-order valence-electron chi connectivity index (χ1n) is 10.2. The number of unbranched alkanes of at least 4 members (excludes halogenated alkanes) is 1. The molecule has 1 heterocycles. The fraction of sp³-hybridized carbons (Fsp3) is 0.727. The van der Waals surface area contributed by atoms with Crippen LogP contribution in [-0.4, -0.2) is 25.6 Å². The fourth-order valence-corrected chi connectivity index (χ4v) is 5.09. The molecule has 148 valence electrons. The van der Waals surface area contributed by atoms with Gasteiger partial charge < -0.3 is 13.9 Å². The van der Waals surface area contributed by atoms with Gasteiger partial charge in [0.2, 0.25) is 0 Å². The monoisotopic (exact) mass is 378 g/mol. The molecule has 4 heteroatoms. The van der Waals surface area contributed by atoms with E-state index in [-0.39, 0.29) is 11.1 Å². The van der Waals surface area contributed by atoms with Gasteiger partial charge in [-0.15, -0.1) is 0 Å². The Kier molecular flexibility index (Phi) is 7.34. The second-order valence-corrected chi connectivity index (χ2v) is 14.2. The number of furan rings is 1. The molecule has 0 bridgehead atoms. The first-order chi connectivity index (χ1) is 12.1. The summed E-state index contributed by atoms with van der Waals surface area (Å²) >= 11 is 0. The van der Waals surface area contributed by atoms with Crippen molar-refractivity contribution in [2.45, 2.75) is 96.1 Å². The van der Waals surface area contributed by atoms with Gasteiger partial charge in [-0.05, 0) is 75.2 Å². The van der Waals surface area contributed by atoms with Crippen LogP contribution in [0.3, 0.4) is 0 Å². The average Bonchev–Trinajstić information content (AvgIpc) is 3.14. The first-order valence-corrected chi connectivity index (χ1v) is 13.1. The van der Waals surface area contributed by atoms with Crippen molar-refractivity contribution in [3.63, 3.8) is 0 Å². The lowest BCUT2D eigenvalue weighted by atomic mass is 9.93. The first kappa shape index (κ1) is 21.5. The third-order valence-corrected chi connectivity index (χ3v) is 10.8. The maximum Gasteiger partial charge on any atom is 0.192 e. The van der Waals surface area contributed by atoms with Gasteiger partial charge in [0.15, 0.2) is 8.32 Å². The maximum absolute atomic E-state index is 10.0. The standard InChI is InChI=1S/C22H38O3Si/c1-17(25-26(5,6)22(2,3)4)11-8-7-9-12-18-15-19(23)16-20(18)21-13-10-14-24-21/h9-10,12-14,17-20,23H,7-8,11,15-16H2,1-6H3/b12-9+/t17-,18+,19-,20+/m0/s1. The van der Waals surface area contributed by atoms with E-state index < -0.39 is 8.32 Å². The van der Waals surface area contributed by atoms with E-state index in [9.17, 15) is 5.11 Å². The van der Waals surface area contributed by atoms with Crippen molar-refractivity contribution in [3.8, 4) is 0 Å². The largest absolute Gasteiger partial charge is 0.469 e. The smallest absolute Gasteiger partial charge is 0.192 e. The van der Waals surface area contributed by atoms with Gasteiger partial charge in [-0.25, -0.2) is 0 Å². The second-order valence-electron chi connectivity index (χ2n) is 9.46. The van der Waals surface area contributed by atoms with Crippen LogP contribution in [0.5, 0.6) is 0 Å². The topological polar surface area (TPSA) is 42.6 Å². The Balaban J connectivity index is 1.75. The molecule has 3 nitrogen and oxygen atoms in total. The van der Waals surface area contributed by atoms with Crippen LogP contribution in [0.4, 0.5) is 0 Å². The molecule has 1 aromatic heterocycles. The molecule has 1 fully saturated rings. The van der Waals surface area contributed by atoms with E-state index in [1.165, 1.54) is 0 Å². The normalized spacial score (nSPS) is 25.9. The molecule has 0 aromatic carbocycles. The molecule has 26 heavy (non-hydrogen) atoms. The fourth-order valence-electron chi connectivity index (χ4n) is 3.62. The number of aliphatic hydroxyl groups excluding tert-OH is 1. The van der Waals surface area contributed by atoms with E-state index in [1.54, 1.807) is 6.26 Å². The summed E-state index contributed by atoms with van der Waals surface area (Å²) in [4.78, 5) is 0. The molecule has 1 aliphatic carbocycles. The van der Waals surface area contributed by atoms with Gasteiger partial charge >= 0.3 is 0 Å². The quantitative estimate of drug-likeness (QED) is 0.329. The third kappa shape index (κ3) is 5.83. The zero-order chi connectivity index (χ0) is 19.4. The highest BCUT2D eigenvalue weighted by atomic mass is 28.4. The zero-order valence-electron chi connectivity index (χ0n) is 17.5. The van der Waals surface area contributed by atoms with Gasteiger partial charge in [-0.1, -0.05) is 32.9 Å². The van der Waals surface area contributed by atoms with Crippen molar-refractivity contribution in [2.75, 3.05) is 0 Å². The lowest BCUT2D eigenvalue weighted by molar-refractivity contribution is 0.178. The van der Waals surface area contributed by atoms with Gasteiger partial charge in [0.1, 0.15) is 5.76 Å². The number of hydrogen-bond donors (Lipinski definition) is 1. The highest BCUT2D eigenvalue weighted by Crippen LogP contribution is 2.41. The maximum atomic E-state index is 10.0. The Labute approximate surface area is 161 Å². The van der Waals surface area contributed by atoms with Gasteiger partial charge in [0, 0.05) is 12.0 Å². The molecule has 0 amide bonds. The minimum atomic E-state index is -1.66. The van der Waals surface area contributed by atoms with E-state index in [0.29, 0.717) is 17.9 Å². The summed E-state index contributed by atoms with van der Waals surface area (Å²) < 4.78 is 12.0. The molecule has 2 rings (SSSR count). The molecule has 0 saturated heterocycles. The lowest BCUT2D eigenvalue weighted by Crippen LogP contribution is -2.43. The average molecular weight is 379 g/mol. The molecule has 0 aliphatic heterocycles. The van der Waals surface area contributed by atoms with Crippen molar-refractivity contribution in [1.82, 2.24) is 0 Å². The SMILES string of the molecule is C[C@@H](CCC/C=C/[C@@H]1C[C@H](O)C[C@H]1c1ccco1)O[Si](C)(C)C(C)(C)C. The Hall–Kier alpha value is -0.843. The van der Waals surface area contributed by atoms with Crippen LogP contribution < -0.4 is 0 Å². The van der Waals surface area contributed by atoms with Crippen molar-refractivity contribution in [3.05, 3.63) is 36.3 Å². The summed E-state index contributed by atoms with van der Waals surface area (Å²) in [6.07, 6.45) is 11.4. The molecule has 1 aromatic rings. The van der Waals surface area contributed by atoms with Crippen molar-refractivity contribution >= 4 is 8.32 Å². The van der Waals surface area contributed by atoms with E-state index in [1.807, 2.05) is 12.1 Å². The molecular formula is C22H38O3Si. The predicted molar refractivity (Wildman–Crippen MR) is 111 cm³/mol. The molecule has 1 aliphatic rings. The van der Waals surface area contributed by atoms with Gasteiger partial charge in [0.05, 0.1) is 12.4 Å². The van der Waals surface area contributed by atoms with E-state index in [2.05, 4.69) is 52.9 Å². The Morgan fingerprint density at radius 1 is 1.35 bits per heavy atom. The van der Waals surface area contributed by atoms with Crippen molar-refractivity contribution in [2.24, 2.45) is 5.92 Å². The summed E-state index contributed by atoms with van der Waals surface area (Å²) in [6.45, 7) is 13.7. The molecule has 0 radical (unpaired) electrons. The number of aliphatic hydroxyl groups is 1. The molecule has 1 saturated carbocycles. The Bertz CT molecular complexity index is 556. The Morgan fingerprint density at radius 3 is 2.69 bits per heavy atom. The number of rotatable bonds is 8. The van der Waals surface area contributed by atoms with Gasteiger partial charge in [0.25, 0.3) is 0 Å². The van der Waals surface area contributed by atoms with Crippen molar-refractivity contribution in [1.29, 1.82) is 0 Å². The predicted octanol–water partition coefficient (Wildman–Crippen LogP) is 6.27. The van der Waals surface area contributed by atoms with Crippen LogP contribution in [0.2, 0.25) is 18.1 Å². The summed E-state index contributed by atoms with van der Waals surface area (Å²) in [7, 11) is -1.66. The van der Waals surface area contributed by atoms with E-state index in [0.717, 1.165) is 37.9 Å². The van der Waals surface area contributed by atoms with Crippen molar-refractivity contribution < 1.29 is 13.9 Å². The van der Waals surface area contributed by atoms with Gasteiger partial charge in [-0.3, -0.25) is 0 Å². The molecule has 0 spiro atoms. The van der Waals surface area contributed by atoms with E-state index >= 15 is 0 Å². The summed E-state index contributed by atoms with van der Waals surface area (Å²) in [6, 6.07) is 3.97. The number of allylic oxidation sites excluding steroid dienone is 2. The minimum absolute atomic E-state index is 0.210. The van der Waals surface area contributed by atoms with Crippen LogP contribution in [0.1, 0.15) is 71.5 Å². The molecule has 1 N–H and O–H groups in total. The van der Waals surface area contributed by atoms with Crippen LogP contribution >= 0.6 is 0 Å². The summed E-state index contributed by atoms with van der Waals surface area (Å²) in [5.74, 6) is 1.71. The Morgan fingerprint density at radius 2 is 2.08 bits per heavy atom.